The maximum Gasteiger partial charge on any atom is 0.101 e. The van der Waals surface area contributed by atoms with E-state index in [0.29, 0.717) is 11.4 Å². The number of alkyl halides is 1. The molecule has 0 aromatic heterocycles. The molecule has 1 aromatic carbocycles. The molecule has 62 valence electrons. The third-order valence-corrected chi connectivity index (χ3v) is 2.76. The van der Waals surface area contributed by atoms with Crippen LogP contribution >= 0.6 is 43.5 Å². The lowest BCUT2D eigenvalue weighted by atomic mass is 10.1. The molecular formula is C8H4Br2ClN. The summed E-state index contributed by atoms with van der Waals surface area (Å²) in [5.74, 6) is 0.348. The van der Waals surface area contributed by atoms with Gasteiger partial charge in [-0.05, 0) is 33.6 Å². The highest BCUT2D eigenvalue weighted by atomic mass is 79.9. The van der Waals surface area contributed by atoms with E-state index in [1.54, 1.807) is 0 Å². The van der Waals surface area contributed by atoms with E-state index < -0.39 is 0 Å². The van der Waals surface area contributed by atoms with Gasteiger partial charge in [0.05, 0.1) is 5.56 Å². The largest absolute Gasteiger partial charge is 0.192 e. The first-order valence-corrected chi connectivity index (χ1v) is 5.25. The van der Waals surface area contributed by atoms with Crippen LogP contribution in [0.25, 0.3) is 0 Å². The van der Waals surface area contributed by atoms with E-state index in [1.165, 1.54) is 0 Å². The van der Waals surface area contributed by atoms with Crippen molar-refractivity contribution in [2.75, 3.05) is 0 Å². The van der Waals surface area contributed by atoms with Crippen molar-refractivity contribution in [2.24, 2.45) is 0 Å². The number of hydrogen-bond donors (Lipinski definition) is 0. The van der Waals surface area contributed by atoms with Gasteiger partial charge in [0.2, 0.25) is 0 Å². The zero-order valence-corrected chi connectivity index (χ0v) is 9.87. The lowest BCUT2D eigenvalue weighted by Gasteiger charge is -2.02. The number of benzene rings is 1. The first-order valence-electron chi connectivity index (χ1n) is 3.13. The molecule has 0 amide bonds. The summed E-state index contributed by atoms with van der Waals surface area (Å²) in [4.78, 5) is 0. The van der Waals surface area contributed by atoms with Gasteiger partial charge in [-0.15, -0.1) is 11.6 Å². The molecular weight excluding hydrogens is 305 g/mol. The third-order valence-electron chi connectivity index (χ3n) is 1.39. The van der Waals surface area contributed by atoms with Crippen LogP contribution in [0, 0.1) is 11.3 Å². The van der Waals surface area contributed by atoms with Gasteiger partial charge >= 0.3 is 0 Å². The molecule has 0 aliphatic rings. The zero-order chi connectivity index (χ0) is 9.14. The number of rotatable bonds is 1. The molecule has 12 heavy (non-hydrogen) atoms. The monoisotopic (exact) mass is 307 g/mol. The summed E-state index contributed by atoms with van der Waals surface area (Å²) in [6, 6.07) is 5.76. The SMILES string of the molecule is N#Cc1c(Br)cc(Br)cc1CCl. The van der Waals surface area contributed by atoms with Crippen molar-refractivity contribution >= 4 is 43.5 Å². The lowest BCUT2D eigenvalue weighted by Crippen LogP contribution is -1.87. The molecule has 0 bridgehead atoms. The van der Waals surface area contributed by atoms with E-state index in [0.717, 1.165) is 14.5 Å². The molecule has 0 aliphatic carbocycles. The summed E-state index contributed by atoms with van der Waals surface area (Å²) in [6.45, 7) is 0. The molecule has 0 unspecified atom stereocenters. The van der Waals surface area contributed by atoms with Crippen LogP contribution in [0.4, 0.5) is 0 Å². The number of halogens is 3. The Bertz CT molecular complexity index is 344. The first kappa shape index (κ1) is 10.0. The van der Waals surface area contributed by atoms with Gasteiger partial charge in [0.1, 0.15) is 6.07 Å². The zero-order valence-electron chi connectivity index (χ0n) is 5.94. The fourth-order valence-corrected chi connectivity index (χ4v) is 2.47. The lowest BCUT2D eigenvalue weighted by molar-refractivity contribution is 1.32. The molecule has 0 aliphatic heterocycles. The Morgan fingerprint density at radius 1 is 1.42 bits per heavy atom. The molecule has 4 heteroatoms. The van der Waals surface area contributed by atoms with E-state index in [-0.39, 0.29) is 0 Å². The van der Waals surface area contributed by atoms with Crippen LogP contribution < -0.4 is 0 Å². The number of hydrogen-bond acceptors (Lipinski definition) is 1. The Labute approximate surface area is 92.6 Å². The summed E-state index contributed by atoms with van der Waals surface area (Å²) >= 11 is 12.3. The molecule has 0 fully saturated rings. The van der Waals surface area contributed by atoms with Gasteiger partial charge in [-0.1, -0.05) is 15.9 Å². The fraction of sp³-hybridized carbons (Fsp3) is 0.125. The van der Waals surface area contributed by atoms with Crippen molar-refractivity contribution in [1.29, 1.82) is 5.26 Å². The highest BCUT2D eigenvalue weighted by Crippen LogP contribution is 2.26. The Balaban J connectivity index is 3.36. The van der Waals surface area contributed by atoms with Gasteiger partial charge in [-0.2, -0.15) is 5.26 Å². The van der Waals surface area contributed by atoms with E-state index in [2.05, 4.69) is 37.9 Å². The molecule has 0 spiro atoms. The van der Waals surface area contributed by atoms with Crippen LogP contribution in [0.5, 0.6) is 0 Å². The van der Waals surface area contributed by atoms with Crippen molar-refractivity contribution in [3.63, 3.8) is 0 Å². The van der Waals surface area contributed by atoms with E-state index in [1.807, 2.05) is 12.1 Å². The van der Waals surface area contributed by atoms with Crippen molar-refractivity contribution in [2.45, 2.75) is 5.88 Å². The summed E-state index contributed by atoms with van der Waals surface area (Å²) in [5, 5.41) is 8.77. The molecule has 0 radical (unpaired) electrons. The average molecular weight is 309 g/mol. The summed E-state index contributed by atoms with van der Waals surface area (Å²) in [6.07, 6.45) is 0. The summed E-state index contributed by atoms with van der Waals surface area (Å²) in [7, 11) is 0. The predicted molar refractivity (Wildman–Crippen MR) is 56.1 cm³/mol. The van der Waals surface area contributed by atoms with Crippen molar-refractivity contribution in [3.8, 4) is 6.07 Å². The minimum atomic E-state index is 0.348. The average Bonchev–Trinajstić information content (AvgIpc) is 2.03. The normalized spacial score (nSPS) is 9.50. The highest BCUT2D eigenvalue weighted by molar-refractivity contribution is 9.11. The van der Waals surface area contributed by atoms with Crippen LogP contribution in [0.1, 0.15) is 11.1 Å². The maximum absolute atomic E-state index is 8.77. The van der Waals surface area contributed by atoms with Crippen molar-refractivity contribution < 1.29 is 0 Å². The Morgan fingerprint density at radius 3 is 2.58 bits per heavy atom. The van der Waals surface area contributed by atoms with Gasteiger partial charge in [-0.3, -0.25) is 0 Å². The summed E-state index contributed by atoms with van der Waals surface area (Å²) in [5.41, 5.74) is 1.44. The predicted octanol–water partition coefficient (Wildman–Crippen LogP) is 3.82. The molecule has 1 nitrogen and oxygen atoms in total. The van der Waals surface area contributed by atoms with Gasteiger partial charge < -0.3 is 0 Å². The van der Waals surface area contributed by atoms with Crippen LogP contribution in [0.2, 0.25) is 0 Å². The topological polar surface area (TPSA) is 23.8 Å². The van der Waals surface area contributed by atoms with Crippen molar-refractivity contribution in [3.05, 3.63) is 32.2 Å². The van der Waals surface area contributed by atoms with Crippen LogP contribution in [-0.2, 0) is 5.88 Å². The minimum absolute atomic E-state index is 0.348. The highest BCUT2D eigenvalue weighted by Gasteiger charge is 2.06. The van der Waals surface area contributed by atoms with Crippen LogP contribution in [-0.4, -0.2) is 0 Å². The Morgan fingerprint density at radius 2 is 2.08 bits per heavy atom. The first-order chi connectivity index (χ1) is 5.69. The molecule has 0 heterocycles. The van der Waals surface area contributed by atoms with E-state index in [4.69, 9.17) is 16.9 Å². The van der Waals surface area contributed by atoms with Crippen LogP contribution in [0.15, 0.2) is 21.1 Å². The smallest absolute Gasteiger partial charge is 0.101 e. The second-order valence-electron chi connectivity index (χ2n) is 2.17. The Kier molecular flexibility index (Phi) is 3.57. The van der Waals surface area contributed by atoms with E-state index in [9.17, 15) is 0 Å². The number of nitriles is 1. The Hall–Kier alpha value is -0.0400. The third kappa shape index (κ3) is 2.01. The van der Waals surface area contributed by atoms with Gasteiger partial charge in [0.25, 0.3) is 0 Å². The quantitative estimate of drug-likeness (QED) is 0.723. The van der Waals surface area contributed by atoms with Gasteiger partial charge in [0.15, 0.2) is 0 Å². The fourth-order valence-electron chi connectivity index (χ4n) is 0.857. The van der Waals surface area contributed by atoms with Crippen LogP contribution in [0.3, 0.4) is 0 Å². The maximum atomic E-state index is 8.77. The molecule has 0 atom stereocenters. The molecule has 1 rings (SSSR count). The van der Waals surface area contributed by atoms with E-state index >= 15 is 0 Å². The summed E-state index contributed by atoms with van der Waals surface area (Å²) < 4.78 is 1.69. The van der Waals surface area contributed by atoms with Crippen molar-refractivity contribution in [1.82, 2.24) is 0 Å². The molecule has 1 aromatic rings. The second-order valence-corrected chi connectivity index (χ2v) is 4.20. The molecule has 0 saturated heterocycles. The minimum Gasteiger partial charge on any atom is -0.192 e. The second kappa shape index (κ2) is 4.27. The number of nitrogens with zero attached hydrogens (tertiary/aromatic N) is 1. The molecule has 0 N–H and O–H groups in total. The van der Waals surface area contributed by atoms with Gasteiger partial charge in [0, 0.05) is 14.8 Å². The van der Waals surface area contributed by atoms with Gasteiger partial charge in [-0.25, -0.2) is 0 Å². The standard InChI is InChI=1S/C8H4Br2ClN/c9-6-1-5(3-11)7(4-12)8(10)2-6/h1-2H,3H2. The molecule has 0 saturated carbocycles.